The summed E-state index contributed by atoms with van der Waals surface area (Å²) in [5, 5.41) is 12.1. The summed E-state index contributed by atoms with van der Waals surface area (Å²) in [7, 11) is 0. The maximum Gasteiger partial charge on any atom is 0.315 e. The van der Waals surface area contributed by atoms with Gasteiger partial charge in [-0.3, -0.25) is 9.59 Å². The third kappa shape index (κ3) is 7.82. The molecule has 0 aliphatic carbocycles. The predicted octanol–water partition coefficient (Wildman–Crippen LogP) is 1.69. The second-order valence-electron chi connectivity index (χ2n) is 7.13. The molecule has 2 aliphatic rings. The van der Waals surface area contributed by atoms with Crippen molar-refractivity contribution in [1.82, 2.24) is 21.3 Å². The van der Waals surface area contributed by atoms with Crippen molar-refractivity contribution >= 4 is 29.6 Å². The van der Waals surface area contributed by atoms with Gasteiger partial charge < -0.3 is 21.3 Å². The molecule has 0 radical (unpaired) electrons. The zero-order valence-corrected chi connectivity index (χ0v) is 16.7. The molecule has 4 amide bonds. The Balaban J connectivity index is 1.39. The van der Waals surface area contributed by atoms with Crippen LogP contribution in [0.15, 0.2) is 12.7 Å². The molecule has 27 heavy (non-hydrogen) atoms. The number of carbonyl (C=O) groups is 3. The van der Waals surface area contributed by atoms with Crippen molar-refractivity contribution in [3.8, 4) is 0 Å². The van der Waals surface area contributed by atoms with E-state index in [2.05, 4.69) is 27.8 Å². The number of rotatable bonds is 13. The molecule has 7 nitrogen and oxygen atoms in total. The van der Waals surface area contributed by atoms with Crippen molar-refractivity contribution in [2.75, 3.05) is 18.8 Å². The molecular formula is C19H32N4O3S. The van der Waals surface area contributed by atoms with Gasteiger partial charge in [0.05, 0.1) is 12.1 Å². The monoisotopic (exact) mass is 396 g/mol. The molecule has 0 unspecified atom stereocenters. The third-order valence-corrected chi connectivity index (χ3v) is 6.50. The van der Waals surface area contributed by atoms with Crippen LogP contribution in [0.1, 0.15) is 51.4 Å². The molecule has 2 fully saturated rings. The van der Waals surface area contributed by atoms with Gasteiger partial charge in [0.15, 0.2) is 0 Å². The lowest BCUT2D eigenvalue weighted by Gasteiger charge is -2.16. The molecule has 152 valence electrons. The highest BCUT2D eigenvalue weighted by Gasteiger charge is 2.42. The van der Waals surface area contributed by atoms with Crippen LogP contribution >= 0.6 is 11.8 Å². The Morgan fingerprint density at radius 3 is 2.56 bits per heavy atom. The standard InChI is InChI=1S/C19H32N4O3S/c1-2-16(24)20-11-7-3-4-8-12-21-17(25)10-6-5-9-15-18-14(13-27-15)22-19(26)23-18/h2,14-15,18H,1,3-13H2,(H,20,24)(H,21,25)(H2,22,23,26)/t14-,15-,18-/m0/s1. The SMILES string of the molecule is C=CC(=O)NCCCCCCNC(=O)CCCC[C@@H]1SC[C@@H]2NC(=O)N[C@@H]21. The molecule has 2 aliphatic heterocycles. The van der Waals surface area contributed by atoms with E-state index >= 15 is 0 Å². The highest BCUT2D eigenvalue weighted by atomic mass is 32.2. The summed E-state index contributed by atoms with van der Waals surface area (Å²) in [4.78, 5) is 34.2. The minimum absolute atomic E-state index is 0.0452. The van der Waals surface area contributed by atoms with Crippen LogP contribution in [0.25, 0.3) is 0 Å². The second-order valence-corrected chi connectivity index (χ2v) is 8.40. The van der Waals surface area contributed by atoms with Gasteiger partial charge in [-0.1, -0.05) is 25.8 Å². The zero-order valence-electron chi connectivity index (χ0n) is 15.9. The van der Waals surface area contributed by atoms with Gasteiger partial charge in [0, 0.05) is 30.5 Å². The van der Waals surface area contributed by atoms with Gasteiger partial charge in [-0.15, -0.1) is 0 Å². The first kappa shape index (κ1) is 21.6. The van der Waals surface area contributed by atoms with Crippen LogP contribution in [0.3, 0.4) is 0 Å². The molecule has 8 heteroatoms. The minimum atomic E-state index is -0.127. The van der Waals surface area contributed by atoms with Crippen LogP contribution in [0.4, 0.5) is 4.79 Å². The number of urea groups is 1. The van der Waals surface area contributed by atoms with Crippen LogP contribution in [0.5, 0.6) is 0 Å². The van der Waals surface area contributed by atoms with Crippen molar-refractivity contribution in [1.29, 1.82) is 0 Å². The Labute approximate surface area is 165 Å². The molecule has 0 aromatic heterocycles. The maximum absolute atomic E-state index is 11.9. The number of thioether (sulfide) groups is 1. The lowest BCUT2D eigenvalue weighted by atomic mass is 10.0. The number of amides is 4. The summed E-state index contributed by atoms with van der Waals surface area (Å²) >= 11 is 1.92. The molecule has 0 bridgehead atoms. The van der Waals surface area contributed by atoms with Gasteiger partial charge in [0.25, 0.3) is 0 Å². The van der Waals surface area contributed by atoms with E-state index in [4.69, 9.17) is 0 Å². The van der Waals surface area contributed by atoms with Crippen molar-refractivity contribution < 1.29 is 14.4 Å². The molecule has 2 heterocycles. The zero-order chi connectivity index (χ0) is 19.5. The number of hydrogen-bond acceptors (Lipinski definition) is 4. The van der Waals surface area contributed by atoms with Crippen LogP contribution < -0.4 is 21.3 Å². The topological polar surface area (TPSA) is 99.3 Å². The van der Waals surface area contributed by atoms with Crippen LogP contribution in [-0.4, -0.2) is 54.0 Å². The first-order valence-corrected chi connectivity index (χ1v) is 11.0. The third-order valence-electron chi connectivity index (χ3n) is 4.99. The van der Waals surface area contributed by atoms with Gasteiger partial charge in [-0.25, -0.2) is 4.79 Å². The molecule has 0 aromatic carbocycles. The summed E-state index contributed by atoms with van der Waals surface area (Å²) < 4.78 is 0. The number of nitrogens with one attached hydrogen (secondary N) is 4. The fraction of sp³-hybridized carbons (Fsp3) is 0.737. The van der Waals surface area contributed by atoms with E-state index in [0.717, 1.165) is 57.2 Å². The molecule has 2 rings (SSSR count). The fourth-order valence-electron chi connectivity index (χ4n) is 3.48. The quantitative estimate of drug-likeness (QED) is 0.216. The number of carbonyl (C=O) groups excluding carboxylic acids is 3. The summed E-state index contributed by atoms with van der Waals surface area (Å²) in [6.07, 6.45) is 8.81. The van der Waals surface area contributed by atoms with E-state index in [1.807, 2.05) is 11.8 Å². The molecule has 2 saturated heterocycles. The van der Waals surface area contributed by atoms with E-state index in [9.17, 15) is 14.4 Å². The van der Waals surface area contributed by atoms with Crippen LogP contribution in [0.2, 0.25) is 0 Å². The van der Waals surface area contributed by atoms with Gasteiger partial charge in [0.1, 0.15) is 0 Å². The minimum Gasteiger partial charge on any atom is -0.356 e. The van der Waals surface area contributed by atoms with Gasteiger partial charge in [0.2, 0.25) is 11.8 Å². The fourth-order valence-corrected chi connectivity index (χ4v) is 5.02. The average Bonchev–Trinajstić information content (AvgIpc) is 3.20. The Morgan fingerprint density at radius 1 is 1.07 bits per heavy atom. The summed E-state index contributed by atoms with van der Waals surface area (Å²) in [5.74, 6) is 0.981. The first-order valence-electron chi connectivity index (χ1n) is 9.95. The van der Waals surface area contributed by atoms with E-state index in [1.165, 1.54) is 6.08 Å². The van der Waals surface area contributed by atoms with Crippen molar-refractivity contribution in [2.45, 2.75) is 68.7 Å². The first-order chi connectivity index (χ1) is 13.1. The Bertz CT molecular complexity index is 529. The lowest BCUT2D eigenvalue weighted by molar-refractivity contribution is -0.121. The summed E-state index contributed by atoms with van der Waals surface area (Å²) in [6.45, 7) is 4.81. The molecule has 0 spiro atoms. The molecule has 3 atom stereocenters. The lowest BCUT2D eigenvalue weighted by Crippen LogP contribution is -2.36. The Morgan fingerprint density at radius 2 is 1.81 bits per heavy atom. The molecular weight excluding hydrogens is 364 g/mol. The summed E-state index contributed by atoms with van der Waals surface area (Å²) in [6, 6.07) is 0.478. The van der Waals surface area contributed by atoms with E-state index in [1.54, 1.807) is 0 Å². The highest BCUT2D eigenvalue weighted by molar-refractivity contribution is 8.00. The van der Waals surface area contributed by atoms with Gasteiger partial charge in [-0.2, -0.15) is 11.8 Å². The summed E-state index contributed by atoms with van der Waals surface area (Å²) in [5.41, 5.74) is 0. The normalized spacial score (nSPS) is 23.3. The van der Waals surface area contributed by atoms with Crippen molar-refractivity contribution in [3.63, 3.8) is 0 Å². The number of hydrogen-bond donors (Lipinski definition) is 4. The maximum atomic E-state index is 11.9. The largest absolute Gasteiger partial charge is 0.356 e. The smallest absolute Gasteiger partial charge is 0.315 e. The average molecular weight is 397 g/mol. The Kier molecular flexibility index (Phi) is 9.52. The predicted molar refractivity (Wildman–Crippen MR) is 109 cm³/mol. The van der Waals surface area contributed by atoms with Gasteiger partial charge in [-0.05, 0) is 31.8 Å². The van der Waals surface area contributed by atoms with E-state index < -0.39 is 0 Å². The van der Waals surface area contributed by atoms with Crippen molar-refractivity contribution in [3.05, 3.63) is 12.7 Å². The number of unbranched alkanes of at least 4 members (excludes halogenated alkanes) is 4. The van der Waals surface area contributed by atoms with E-state index in [0.29, 0.717) is 18.2 Å². The van der Waals surface area contributed by atoms with Crippen LogP contribution in [-0.2, 0) is 9.59 Å². The number of fused-ring (bicyclic) bond motifs is 1. The van der Waals surface area contributed by atoms with E-state index in [-0.39, 0.29) is 29.9 Å². The molecule has 0 saturated carbocycles. The Hall–Kier alpha value is -1.70. The van der Waals surface area contributed by atoms with Crippen molar-refractivity contribution in [2.24, 2.45) is 0 Å². The van der Waals surface area contributed by atoms with Gasteiger partial charge >= 0.3 is 6.03 Å². The highest BCUT2D eigenvalue weighted by Crippen LogP contribution is 2.33. The van der Waals surface area contributed by atoms with Crippen LogP contribution in [0, 0.1) is 0 Å². The molecule has 0 aromatic rings. The second kappa shape index (κ2) is 11.9. The molecule has 4 N–H and O–H groups in total.